The van der Waals surface area contributed by atoms with Crippen molar-refractivity contribution < 1.29 is 23.2 Å². The van der Waals surface area contributed by atoms with Crippen LogP contribution in [0.25, 0.3) is 17.1 Å². The second-order valence-electron chi connectivity index (χ2n) is 7.37. The predicted octanol–water partition coefficient (Wildman–Crippen LogP) is 2.85. The molecular weight excluding hydrogens is 445 g/mol. The Hall–Kier alpha value is -4.35. The average Bonchev–Trinajstić information content (AvgIpc) is 3.51. The zero-order chi connectivity index (χ0) is 23.7. The molecule has 0 spiro atoms. The van der Waals surface area contributed by atoms with Crippen molar-refractivity contribution in [1.29, 1.82) is 0 Å². The van der Waals surface area contributed by atoms with E-state index in [1.807, 2.05) is 6.92 Å². The van der Waals surface area contributed by atoms with Gasteiger partial charge in [-0.1, -0.05) is 5.16 Å². The Balaban J connectivity index is 1.45. The first-order valence-electron chi connectivity index (χ1n) is 10.6. The zero-order valence-electron chi connectivity index (χ0n) is 18.4. The van der Waals surface area contributed by atoms with Gasteiger partial charge in [-0.2, -0.15) is 20.0 Å². The first kappa shape index (κ1) is 21.5. The number of rotatable bonds is 7. The van der Waals surface area contributed by atoms with Gasteiger partial charge in [0.2, 0.25) is 17.6 Å². The van der Waals surface area contributed by atoms with Crippen LogP contribution in [0.1, 0.15) is 35.6 Å². The number of carbonyl (C=O) groups is 1. The second-order valence-corrected chi connectivity index (χ2v) is 7.37. The Bertz CT molecular complexity index is 1320. The molecule has 34 heavy (non-hydrogen) atoms. The molecule has 0 radical (unpaired) electrons. The van der Waals surface area contributed by atoms with Crippen LogP contribution in [0.2, 0.25) is 0 Å². The van der Waals surface area contributed by atoms with Crippen molar-refractivity contribution in [3.8, 4) is 28.7 Å². The van der Waals surface area contributed by atoms with Crippen LogP contribution < -0.4 is 9.47 Å². The number of nitrogens with zero attached hydrogens (tertiary/aromatic N) is 7. The number of amides is 1. The monoisotopic (exact) mass is 465 g/mol. The minimum atomic E-state index is -0.630. The Morgan fingerprint density at radius 1 is 1.26 bits per heavy atom. The zero-order valence-corrected chi connectivity index (χ0v) is 18.4. The molecule has 3 aromatic heterocycles. The van der Waals surface area contributed by atoms with Crippen LogP contribution in [0.3, 0.4) is 0 Å². The molecule has 5 rings (SSSR count). The van der Waals surface area contributed by atoms with Gasteiger partial charge >= 0.3 is 0 Å². The second kappa shape index (κ2) is 8.89. The number of hydrogen-bond acceptors (Lipinski definition) is 9. The number of pyridine rings is 1. The van der Waals surface area contributed by atoms with E-state index in [0.717, 1.165) is 0 Å². The number of benzene rings is 1. The summed E-state index contributed by atoms with van der Waals surface area (Å²) in [6.07, 6.45) is 5.13. The number of likely N-dealkylation sites (tertiary alicyclic amines) is 1. The molecule has 174 valence electrons. The van der Waals surface area contributed by atoms with Gasteiger partial charge in [0, 0.05) is 18.8 Å². The molecule has 0 saturated carbocycles. The van der Waals surface area contributed by atoms with Crippen molar-refractivity contribution in [3.63, 3.8) is 0 Å². The maximum absolute atomic E-state index is 14.4. The molecule has 1 atom stereocenters. The summed E-state index contributed by atoms with van der Waals surface area (Å²) < 4.78 is 30.5. The summed E-state index contributed by atoms with van der Waals surface area (Å²) >= 11 is 0. The van der Waals surface area contributed by atoms with Gasteiger partial charge in [0.05, 0.1) is 37.2 Å². The van der Waals surface area contributed by atoms with Crippen LogP contribution in [-0.4, -0.2) is 61.2 Å². The Kier molecular flexibility index (Phi) is 5.62. The van der Waals surface area contributed by atoms with Crippen molar-refractivity contribution in [2.24, 2.45) is 0 Å². The summed E-state index contributed by atoms with van der Waals surface area (Å²) in [6, 6.07) is 5.61. The van der Waals surface area contributed by atoms with E-state index >= 15 is 0 Å². The quantitative estimate of drug-likeness (QED) is 0.405. The van der Waals surface area contributed by atoms with Crippen LogP contribution >= 0.6 is 0 Å². The first-order valence-corrected chi connectivity index (χ1v) is 10.6. The van der Waals surface area contributed by atoms with Gasteiger partial charge < -0.3 is 18.9 Å². The summed E-state index contributed by atoms with van der Waals surface area (Å²) in [6.45, 7) is 2.76. The highest BCUT2D eigenvalue weighted by Gasteiger charge is 2.39. The molecule has 1 saturated heterocycles. The maximum Gasteiger partial charge on any atom is 0.256 e. The van der Waals surface area contributed by atoms with E-state index in [1.54, 1.807) is 23.2 Å². The highest BCUT2D eigenvalue weighted by atomic mass is 19.1. The normalized spacial score (nSPS) is 15.1. The molecule has 0 N–H and O–H groups in total. The van der Waals surface area contributed by atoms with Gasteiger partial charge in [-0.25, -0.2) is 9.37 Å². The van der Waals surface area contributed by atoms with Gasteiger partial charge in [0.15, 0.2) is 11.6 Å². The molecule has 4 aromatic rings. The minimum absolute atomic E-state index is 0.0589. The summed E-state index contributed by atoms with van der Waals surface area (Å²) in [4.78, 5) is 24.9. The van der Waals surface area contributed by atoms with E-state index in [2.05, 4.69) is 25.3 Å². The summed E-state index contributed by atoms with van der Waals surface area (Å²) in [5.41, 5.74) is 0.971. The van der Waals surface area contributed by atoms with Gasteiger partial charge in [-0.05, 0) is 31.5 Å². The summed E-state index contributed by atoms with van der Waals surface area (Å²) in [5, 5.41) is 12.1. The lowest BCUT2D eigenvalue weighted by Crippen LogP contribution is -2.45. The lowest BCUT2D eigenvalue weighted by Gasteiger charge is -2.38. The Morgan fingerprint density at radius 2 is 2.09 bits per heavy atom. The largest absolute Gasteiger partial charge is 0.494 e. The van der Waals surface area contributed by atoms with Crippen LogP contribution in [-0.2, 0) is 0 Å². The summed E-state index contributed by atoms with van der Waals surface area (Å²) in [7, 11) is 1.33. The molecule has 1 aliphatic rings. The van der Waals surface area contributed by atoms with Crippen molar-refractivity contribution in [3.05, 3.63) is 60.1 Å². The van der Waals surface area contributed by atoms with E-state index in [9.17, 15) is 9.18 Å². The van der Waals surface area contributed by atoms with E-state index in [1.165, 1.54) is 36.4 Å². The molecule has 1 aliphatic heterocycles. The molecule has 11 nitrogen and oxygen atoms in total. The fraction of sp³-hybridized carbons (Fsp3) is 0.273. The number of halogens is 1. The highest BCUT2D eigenvalue weighted by Crippen LogP contribution is 2.37. The van der Waals surface area contributed by atoms with Crippen molar-refractivity contribution in [2.75, 3.05) is 20.3 Å². The molecule has 4 heterocycles. The molecule has 1 aromatic carbocycles. The Morgan fingerprint density at radius 3 is 2.79 bits per heavy atom. The van der Waals surface area contributed by atoms with E-state index < -0.39 is 11.9 Å². The third kappa shape index (κ3) is 3.72. The molecule has 1 unspecified atom stereocenters. The Labute approximate surface area is 193 Å². The van der Waals surface area contributed by atoms with Crippen molar-refractivity contribution >= 4 is 5.91 Å². The topological polar surface area (TPSA) is 121 Å². The highest BCUT2D eigenvalue weighted by molar-refractivity contribution is 5.98. The van der Waals surface area contributed by atoms with Crippen LogP contribution in [0.4, 0.5) is 4.39 Å². The molecular formula is C22H20FN7O4. The number of hydrogen-bond donors (Lipinski definition) is 0. The summed E-state index contributed by atoms with van der Waals surface area (Å²) in [5.74, 6) is -0.0535. The molecule has 1 fully saturated rings. The third-order valence-electron chi connectivity index (χ3n) is 5.44. The standard InChI is InChI=1S/C22H20FN7O4/c1-3-33-20-13(5-4-7-24-20)19-27-21(34-28-19)16-6-10-29(16)22(31)14-11-18(32-2)15(23)12-17(14)30-25-8-9-26-30/h4-5,7-9,11-12,16H,3,6,10H2,1-2H3. The van der Waals surface area contributed by atoms with Crippen LogP contribution in [0, 0.1) is 5.82 Å². The fourth-order valence-electron chi connectivity index (χ4n) is 3.71. The lowest BCUT2D eigenvalue weighted by atomic mass is 10.00. The average molecular weight is 465 g/mol. The van der Waals surface area contributed by atoms with Crippen molar-refractivity contribution in [1.82, 2.24) is 35.0 Å². The molecule has 0 aliphatic carbocycles. The predicted molar refractivity (Wildman–Crippen MR) is 115 cm³/mol. The SMILES string of the molecule is CCOc1ncccc1-c1noc(C2CCN2C(=O)c2cc(OC)c(F)cc2-n2nccn2)n1. The molecule has 12 heteroatoms. The fourth-order valence-corrected chi connectivity index (χ4v) is 3.71. The van der Waals surface area contributed by atoms with E-state index in [0.29, 0.717) is 36.8 Å². The van der Waals surface area contributed by atoms with Gasteiger partial charge in [-0.15, -0.1) is 0 Å². The van der Waals surface area contributed by atoms with Crippen molar-refractivity contribution in [2.45, 2.75) is 19.4 Å². The number of methoxy groups -OCH3 is 1. The first-order chi connectivity index (χ1) is 16.6. The third-order valence-corrected chi connectivity index (χ3v) is 5.44. The smallest absolute Gasteiger partial charge is 0.256 e. The van der Waals surface area contributed by atoms with Gasteiger partial charge in [0.25, 0.3) is 5.91 Å². The number of carbonyl (C=O) groups excluding carboxylic acids is 1. The lowest BCUT2D eigenvalue weighted by molar-refractivity contribution is 0.0378. The minimum Gasteiger partial charge on any atom is -0.494 e. The van der Waals surface area contributed by atoms with E-state index in [4.69, 9.17) is 14.0 Å². The number of ether oxygens (including phenoxy) is 2. The van der Waals surface area contributed by atoms with Gasteiger partial charge in [-0.3, -0.25) is 4.79 Å². The number of aromatic nitrogens is 6. The molecule has 1 amide bonds. The van der Waals surface area contributed by atoms with Crippen LogP contribution in [0.15, 0.2) is 47.4 Å². The van der Waals surface area contributed by atoms with Crippen LogP contribution in [0.5, 0.6) is 11.6 Å². The van der Waals surface area contributed by atoms with Gasteiger partial charge in [0.1, 0.15) is 11.7 Å². The maximum atomic E-state index is 14.4. The van der Waals surface area contributed by atoms with E-state index in [-0.39, 0.29) is 28.8 Å². The molecule has 0 bridgehead atoms.